The summed E-state index contributed by atoms with van der Waals surface area (Å²) in [5.74, 6) is -0.120. The molecule has 2 fully saturated rings. The van der Waals surface area contributed by atoms with Crippen LogP contribution in [0.1, 0.15) is 38.5 Å². The topological polar surface area (TPSA) is 75.4 Å². The number of carbonyl (C=O) groups excluding carboxylic acids is 2. The quantitative estimate of drug-likeness (QED) is 0.756. The van der Waals surface area contributed by atoms with Gasteiger partial charge in [0.05, 0.1) is 12.5 Å². The van der Waals surface area contributed by atoms with E-state index >= 15 is 0 Å². The molecule has 0 spiro atoms. The number of carbonyl (C=O) groups is 2. The van der Waals surface area contributed by atoms with Gasteiger partial charge < -0.3 is 16.0 Å². The number of nitrogens with one attached hydrogen (secondary N) is 1. The number of hydrogen-bond acceptors (Lipinski definition) is 3. The fraction of sp³-hybridized carbons (Fsp3) is 0.846. The smallest absolute Gasteiger partial charge is 0.241 e. The lowest BCUT2D eigenvalue weighted by atomic mass is 9.84. The molecule has 0 bridgehead atoms. The van der Waals surface area contributed by atoms with Gasteiger partial charge in [-0.15, -0.1) is 0 Å². The van der Waals surface area contributed by atoms with Crippen LogP contribution in [0.15, 0.2) is 0 Å². The largest absolute Gasteiger partial charge is 0.347 e. The van der Waals surface area contributed by atoms with Crippen molar-refractivity contribution in [1.29, 1.82) is 0 Å². The highest BCUT2D eigenvalue weighted by molar-refractivity contribution is 5.86. The van der Waals surface area contributed by atoms with Crippen molar-refractivity contribution in [3.63, 3.8) is 0 Å². The third kappa shape index (κ3) is 3.22. The normalized spacial score (nSPS) is 28.2. The second-order valence-electron chi connectivity index (χ2n) is 5.36. The van der Waals surface area contributed by atoms with Crippen LogP contribution in [0.3, 0.4) is 0 Å². The second kappa shape index (κ2) is 6.18. The van der Waals surface area contributed by atoms with E-state index in [2.05, 4.69) is 5.32 Å². The predicted octanol–water partition coefficient (Wildman–Crippen LogP) is 0.243. The molecule has 2 unspecified atom stereocenters. The van der Waals surface area contributed by atoms with Crippen LogP contribution in [0.5, 0.6) is 0 Å². The van der Waals surface area contributed by atoms with Gasteiger partial charge in [0, 0.05) is 19.1 Å². The average Bonchev–Trinajstić information content (AvgIpc) is 2.90. The summed E-state index contributed by atoms with van der Waals surface area (Å²) in [6, 6.07) is -0.0411. The van der Waals surface area contributed by atoms with Crippen molar-refractivity contribution < 1.29 is 9.59 Å². The van der Waals surface area contributed by atoms with Gasteiger partial charge in [0.2, 0.25) is 11.8 Å². The van der Waals surface area contributed by atoms with Gasteiger partial charge in [-0.3, -0.25) is 9.59 Å². The molecule has 1 saturated carbocycles. The van der Waals surface area contributed by atoms with Crippen LogP contribution in [0.2, 0.25) is 0 Å². The molecule has 2 atom stereocenters. The zero-order valence-electron chi connectivity index (χ0n) is 10.9. The van der Waals surface area contributed by atoms with E-state index in [9.17, 15) is 9.59 Å². The summed E-state index contributed by atoms with van der Waals surface area (Å²) in [4.78, 5) is 25.6. The van der Waals surface area contributed by atoms with E-state index in [1.54, 1.807) is 0 Å². The Morgan fingerprint density at radius 1 is 1.11 bits per heavy atom. The van der Waals surface area contributed by atoms with Crippen molar-refractivity contribution >= 4 is 11.8 Å². The third-order valence-electron chi connectivity index (χ3n) is 4.03. The number of rotatable bonds is 3. The molecule has 2 amide bonds. The van der Waals surface area contributed by atoms with Gasteiger partial charge >= 0.3 is 0 Å². The van der Waals surface area contributed by atoms with Crippen LogP contribution >= 0.6 is 0 Å². The predicted molar refractivity (Wildman–Crippen MR) is 68.8 cm³/mol. The molecule has 5 heteroatoms. The Balaban J connectivity index is 1.75. The van der Waals surface area contributed by atoms with E-state index in [0.29, 0.717) is 0 Å². The fourth-order valence-electron chi connectivity index (χ4n) is 2.86. The molecule has 2 rings (SSSR count). The highest BCUT2D eigenvalue weighted by Gasteiger charge is 2.28. The Bertz CT molecular complexity index is 313. The lowest BCUT2D eigenvalue weighted by molar-refractivity contribution is -0.133. The van der Waals surface area contributed by atoms with Gasteiger partial charge in [-0.1, -0.05) is 12.8 Å². The molecular weight excluding hydrogens is 230 g/mol. The molecular formula is C13H23N3O2. The number of nitrogens with zero attached hydrogens (tertiary/aromatic N) is 1. The molecule has 3 N–H and O–H groups in total. The molecule has 0 aromatic heterocycles. The van der Waals surface area contributed by atoms with Crippen molar-refractivity contribution in [3.05, 3.63) is 0 Å². The maximum absolute atomic E-state index is 12.0. The highest BCUT2D eigenvalue weighted by Crippen LogP contribution is 2.22. The van der Waals surface area contributed by atoms with E-state index in [1.807, 2.05) is 4.90 Å². The zero-order valence-corrected chi connectivity index (χ0v) is 10.9. The molecule has 1 heterocycles. The first-order chi connectivity index (χ1) is 8.68. The molecule has 0 aromatic rings. The van der Waals surface area contributed by atoms with Crippen molar-refractivity contribution in [2.45, 2.75) is 44.6 Å². The Hall–Kier alpha value is -1.10. The minimum absolute atomic E-state index is 0.0326. The Labute approximate surface area is 108 Å². The summed E-state index contributed by atoms with van der Waals surface area (Å²) < 4.78 is 0. The summed E-state index contributed by atoms with van der Waals surface area (Å²) in [6.45, 7) is 1.79. The average molecular weight is 253 g/mol. The van der Waals surface area contributed by atoms with Crippen molar-refractivity contribution in [3.8, 4) is 0 Å². The number of nitrogens with two attached hydrogens (primary N) is 1. The van der Waals surface area contributed by atoms with Gasteiger partial charge in [-0.2, -0.15) is 0 Å². The SMILES string of the molecule is NC1CCCCC1C(=O)NCC(=O)N1CCCC1. The van der Waals surface area contributed by atoms with E-state index < -0.39 is 0 Å². The lowest BCUT2D eigenvalue weighted by Gasteiger charge is -2.27. The summed E-state index contributed by atoms with van der Waals surface area (Å²) in [6.07, 6.45) is 6.09. The van der Waals surface area contributed by atoms with E-state index in [0.717, 1.165) is 51.6 Å². The molecule has 5 nitrogen and oxygen atoms in total. The maximum atomic E-state index is 12.0. The number of amides is 2. The van der Waals surface area contributed by atoms with Crippen molar-refractivity contribution in [2.75, 3.05) is 19.6 Å². The molecule has 1 saturated heterocycles. The van der Waals surface area contributed by atoms with E-state index in [1.165, 1.54) is 0 Å². The summed E-state index contributed by atoms with van der Waals surface area (Å²) >= 11 is 0. The molecule has 1 aliphatic carbocycles. The van der Waals surface area contributed by atoms with Gasteiger partial charge in [-0.05, 0) is 25.7 Å². The fourth-order valence-corrected chi connectivity index (χ4v) is 2.86. The second-order valence-corrected chi connectivity index (χ2v) is 5.36. The first-order valence-corrected chi connectivity index (χ1v) is 6.99. The van der Waals surface area contributed by atoms with Crippen LogP contribution < -0.4 is 11.1 Å². The lowest BCUT2D eigenvalue weighted by Crippen LogP contribution is -2.46. The van der Waals surface area contributed by atoms with E-state index in [-0.39, 0.29) is 30.3 Å². The van der Waals surface area contributed by atoms with Gasteiger partial charge in [0.25, 0.3) is 0 Å². The van der Waals surface area contributed by atoms with Gasteiger partial charge in [-0.25, -0.2) is 0 Å². The Morgan fingerprint density at radius 3 is 2.44 bits per heavy atom. The Kier molecular flexibility index (Phi) is 4.58. The molecule has 18 heavy (non-hydrogen) atoms. The molecule has 0 radical (unpaired) electrons. The van der Waals surface area contributed by atoms with Gasteiger partial charge in [0.1, 0.15) is 0 Å². The van der Waals surface area contributed by atoms with Crippen LogP contribution in [0.4, 0.5) is 0 Å². The van der Waals surface area contributed by atoms with Crippen LogP contribution in [-0.4, -0.2) is 42.4 Å². The number of hydrogen-bond donors (Lipinski definition) is 2. The molecule has 2 aliphatic rings. The summed E-state index contributed by atoms with van der Waals surface area (Å²) in [5.41, 5.74) is 5.95. The standard InChI is InChI=1S/C13H23N3O2/c14-11-6-2-1-5-10(11)13(18)15-9-12(17)16-7-3-4-8-16/h10-11H,1-9,14H2,(H,15,18). The minimum Gasteiger partial charge on any atom is -0.347 e. The van der Waals surface area contributed by atoms with E-state index in [4.69, 9.17) is 5.73 Å². The third-order valence-corrected chi connectivity index (χ3v) is 4.03. The summed E-state index contributed by atoms with van der Waals surface area (Å²) in [7, 11) is 0. The van der Waals surface area contributed by atoms with Crippen LogP contribution in [0.25, 0.3) is 0 Å². The zero-order chi connectivity index (χ0) is 13.0. The molecule has 102 valence electrons. The Morgan fingerprint density at radius 2 is 1.78 bits per heavy atom. The molecule has 1 aliphatic heterocycles. The summed E-state index contributed by atoms with van der Waals surface area (Å²) in [5, 5.41) is 2.75. The minimum atomic E-state index is -0.106. The maximum Gasteiger partial charge on any atom is 0.241 e. The first-order valence-electron chi connectivity index (χ1n) is 6.99. The monoisotopic (exact) mass is 253 g/mol. The number of likely N-dealkylation sites (tertiary alicyclic amines) is 1. The van der Waals surface area contributed by atoms with Crippen molar-refractivity contribution in [2.24, 2.45) is 11.7 Å². The van der Waals surface area contributed by atoms with Crippen molar-refractivity contribution in [1.82, 2.24) is 10.2 Å². The van der Waals surface area contributed by atoms with Crippen LogP contribution in [0, 0.1) is 5.92 Å². The highest BCUT2D eigenvalue weighted by atomic mass is 16.2. The first kappa shape index (κ1) is 13.3. The van der Waals surface area contributed by atoms with Gasteiger partial charge in [0.15, 0.2) is 0 Å². The molecule has 0 aromatic carbocycles. The van der Waals surface area contributed by atoms with Crippen LogP contribution in [-0.2, 0) is 9.59 Å².